The summed E-state index contributed by atoms with van der Waals surface area (Å²) >= 11 is 7.42. The molecule has 3 aromatic rings. The summed E-state index contributed by atoms with van der Waals surface area (Å²) in [5.74, 6) is -1.01. The number of esters is 1. The van der Waals surface area contributed by atoms with Crippen molar-refractivity contribution in [2.45, 2.75) is 6.92 Å². The third-order valence-electron chi connectivity index (χ3n) is 3.50. The van der Waals surface area contributed by atoms with Crippen molar-refractivity contribution in [2.75, 3.05) is 12.4 Å². The predicted molar refractivity (Wildman–Crippen MR) is 101 cm³/mol. The maximum Gasteiger partial charge on any atom is 0.350 e. The largest absolute Gasteiger partial charge is 0.465 e. The second-order valence-corrected chi connectivity index (χ2v) is 6.78. The van der Waals surface area contributed by atoms with Crippen molar-refractivity contribution in [3.63, 3.8) is 0 Å². The van der Waals surface area contributed by atoms with Crippen molar-refractivity contribution >= 4 is 40.5 Å². The van der Waals surface area contributed by atoms with Crippen LogP contribution in [0, 0.1) is 6.92 Å². The molecule has 6 nitrogen and oxygen atoms in total. The van der Waals surface area contributed by atoms with E-state index in [2.05, 4.69) is 15.3 Å². The van der Waals surface area contributed by atoms with E-state index < -0.39 is 11.9 Å². The van der Waals surface area contributed by atoms with Gasteiger partial charge < -0.3 is 10.1 Å². The first-order valence-electron chi connectivity index (χ1n) is 7.56. The molecule has 0 atom stereocenters. The standard InChI is InChI=1S/C18H14ClN3O3S/c1-10-8-21-14(9-20-10)17(23)22-13-7-15(26-16(13)18(24)25-2)11-5-3-4-6-12(11)19/h3-9H,1-2H3,(H,22,23). The summed E-state index contributed by atoms with van der Waals surface area (Å²) < 4.78 is 4.82. The molecule has 0 unspecified atom stereocenters. The molecule has 0 aliphatic carbocycles. The SMILES string of the molecule is COC(=O)c1sc(-c2ccccc2Cl)cc1NC(=O)c1cnc(C)cn1. The van der Waals surface area contributed by atoms with Crippen molar-refractivity contribution < 1.29 is 14.3 Å². The molecule has 8 heteroatoms. The summed E-state index contributed by atoms with van der Waals surface area (Å²) in [6.07, 6.45) is 2.88. The Bertz CT molecular complexity index is 970. The average Bonchev–Trinajstić information content (AvgIpc) is 3.05. The van der Waals surface area contributed by atoms with Crippen molar-refractivity contribution in [3.8, 4) is 10.4 Å². The molecule has 0 radical (unpaired) electrons. The zero-order valence-corrected chi connectivity index (χ0v) is 15.5. The number of benzene rings is 1. The number of anilines is 1. The highest BCUT2D eigenvalue weighted by atomic mass is 35.5. The Morgan fingerprint density at radius 1 is 1.19 bits per heavy atom. The number of nitrogens with zero attached hydrogens (tertiary/aromatic N) is 2. The fourth-order valence-electron chi connectivity index (χ4n) is 2.22. The van der Waals surface area contributed by atoms with E-state index in [0.717, 1.165) is 10.4 Å². The number of carbonyl (C=O) groups is 2. The number of hydrogen-bond donors (Lipinski definition) is 1. The van der Waals surface area contributed by atoms with E-state index in [4.69, 9.17) is 16.3 Å². The molecule has 0 aliphatic heterocycles. The first-order chi connectivity index (χ1) is 12.5. The Balaban J connectivity index is 1.97. The lowest BCUT2D eigenvalue weighted by Crippen LogP contribution is -2.15. The van der Waals surface area contributed by atoms with Crippen LogP contribution < -0.4 is 5.32 Å². The van der Waals surface area contributed by atoms with Gasteiger partial charge in [-0.25, -0.2) is 9.78 Å². The number of thiophene rings is 1. The quantitative estimate of drug-likeness (QED) is 0.678. The zero-order chi connectivity index (χ0) is 18.7. The Labute approximate surface area is 158 Å². The molecule has 1 aromatic carbocycles. The molecule has 1 N–H and O–H groups in total. The van der Waals surface area contributed by atoms with Crippen LogP contribution in [-0.4, -0.2) is 29.0 Å². The van der Waals surface area contributed by atoms with Gasteiger partial charge in [-0.05, 0) is 19.1 Å². The zero-order valence-electron chi connectivity index (χ0n) is 13.9. The number of amides is 1. The number of hydrogen-bond acceptors (Lipinski definition) is 6. The highest BCUT2D eigenvalue weighted by Gasteiger charge is 2.21. The molecule has 0 aliphatic rings. The molecule has 2 heterocycles. The number of aromatic nitrogens is 2. The predicted octanol–water partition coefficient (Wildman–Crippen LogP) is 4.21. The fraction of sp³-hybridized carbons (Fsp3) is 0.111. The summed E-state index contributed by atoms with van der Waals surface area (Å²) in [5.41, 5.74) is 1.95. The highest BCUT2D eigenvalue weighted by Crippen LogP contribution is 2.38. The average molecular weight is 388 g/mol. The lowest BCUT2D eigenvalue weighted by Gasteiger charge is -2.04. The normalized spacial score (nSPS) is 10.4. The molecular formula is C18H14ClN3O3S. The summed E-state index contributed by atoms with van der Waals surface area (Å²) in [6, 6.07) is 8.96. The van der Waals surface area contributed by atoms with Gasteiger partial charge in [0.05, 0.1) is 24.7 Å². The van der Waals surface area contributed by atoms with Gasteiger partial charge in [-0.15, -0.1) is 11.3 Å². The smallest absolute Gasteiger partial charge is 0.350 e. The minimum atomic E-state index is -0.543. The van der Waals surface area contributed by atoms with Crippen molar-refractivity contribution in [1.82, 2.24) is 9.97 Å². The molecule has 0 fully saturated rings. The fourth-order valence-corrected chi connectivity index (χ4v) is 3.58. The number of methoxy groups -OCH3 is 1. The molecular weight excluding hydrogens is 374 g/mol. The third-order valence-corrected chi connectivity index (χ3v) is 4.98. The number of rotatable bonds is 4. The number of ether oxygens (including phenoxy) is 1. The summed E-state index contributed by atoms with van der Waals surface area (Å²) in [4.78, 5) is 33.6. The third kappa shape index (κ3) is 3.74. The Morgan fingerprint density at radius 3 is 2.62 bits per heavy atom. The van der Waals surface area contributed by atoms with Gasteiger partial charge in [-0.3, -0.25) is 9.78 Å². The summed E-state index contributed by atoms with van der Waals surface area (Å²) in [5, 5.41) is 3.24. The first-order valence-corrected chi connectivity index (χ1v) is 8.76. The molecule has 2 aromatic heterocycles. The van der Waals surface area contributed by atoms with Gasteiger partial charge in [-0.2, -0.15) is 0 Å². The van der Waals surface area contributed by atoms with E-state index in [1.165, 1.54) is 30.8 Å². The van der Waals surface area contributed by atoms with Crippen LogP contribution in [0.15, 0.2) is 42.7 Å². The second-order valence-electron chi connectivity index (χ2n) is 5.32. The highest BCUT2D eigenvalue weighted by molar-refractivity contribution is 7.18. The van der Waals surface area contributed by atoms with Crippen LogP contribution in [0.3, 0.4) is 0 Å². The molecule has 132 valence electrons. The first kappa shape index (κ1) is 18.0. The van der Waals surface area contributed by atoms with Crippen molar-refractivity contribution in [2.24, 2.45) is 0 Å². The maximum absolute atomic E-state index is 12.4. The molecule has 0 saturated carbocycles. The number of carbonyl (C=O) groups excluding carboxylic acids is 2. The van der Waals surface area contributed by atoms with E-state index in [9.17, 15) is 9.59 Å². The van der Waals surface area contributed by atoms with Gasteiger partial charge in [-0.1, -0.05) is 29.8 Å². The molecule has 3 rings (SSSR count). The van der Waals surface area contributed by atoms with Gasteiger partial charge in [0.1, 0.15) is 10.6 Å². The monoisotopic (exact) mass is 387 g/mol. The lowest BCUT2D eigenvalue weighted by molar-refractivity contribution is 0.0607. The molecule has 0 spiro atoms. The summed E-state index contributed by atoms with van der Waals surface area (Å²) in [6.45, 7) is 1.78. The topological polar surface area (TPSA) is 81.2 Å². The Kier molecular flexibility index (Phi) is 5.29. The van der Waals surface area contributed by atoms with Crippen LogP contribution in [0.1, 0.15) is 25.9 Å². The van der Waals surface area contributed by atoms with Gasteiger partial charge in [0.2, 0.25) is 0 Å². The van der Waals surface area contributed by atoms with Crippen LogP contribution >= 0.6 is 22.9 Å². The van der Waals surface area contributed by atoms with E-state index in [0.29, 0.717) is 16.4 Å². The number of halogens is 1. The molecule has 0 saturated heterocycles. The maximum atomic E-state index is 12.4. The van der Waals surface area contributed by atoms with E-state index in [1.54, 1.807) is 19.1 Å². The van der Waals surface area contributed by atoms with Crippen LogP contribution in [0.2, 0.25) is 5.02 Å². The Morgan fingerprint density at radius 2 is 1.96 bits per heavy atom. The molecule has 0 bridgehead atoms. The van der Waals surface area contributed by atoms with Crippen LogP contribution in [-0.2, 0) is 4.74 Å². The van der Waals surface area contributed by atoms with Crippen LogP contribution in [0.5, 0.6) is 0 Å². The van der Waals surface area contributed by atoms with Crippen LogP contribution in [0.25, 0.3) is 10.4 Å². The van der Waals surface area contributed by atoms with Gasteiger partial charge in [0.25, 0.3) is 5.91 Å². The summed E-state index contributed by atoms with van der Waals surface area (Å²) in [7, 11) is 1.29. The lowest BCUT2D eigenvalue weighted by atomic mass is 10.2. The van der Waals surface area contributed by atoms with E-state index in [1.807, 2.05) is 18.2 Å². The minimum Gasteiger partial charge on any atom is -0.465 e. The Hall–Kier alpha value is -2.77. The van der Waals surface area contributed by atoms with Crippen molar-refractivity contribution in [3.05, 3.63) is 64.0 Å². The second kappa shape index (κ2) is 7.63. The van der Waals surface area contributed by atoms with Gasteiger partial charge in [0.15, 0.2) is 0 Å². The number of nitrogens with one attached hydrogen (secondary N) is 1. The minimum absolute atomic E-state index is 0.150. The van der Waals surface area contributed by atoms with Crippen molar-refractivity contribution in [1.29, 1.82) is 0 Å². The molecule has 1 amide bonds. The van der Waals surface area contributed by atoms with Gasteiger partial charge >= 0.3 is 5.97 Å². The van der Waals surface area contributed by atoms with E-state index in [-0.39, 0.29) is 10.6 Å². The number of aryl methyl sites for hydroxylation is 1. The van der Waals surface area contributed by atoms with Crippen LogP contribution in [0.4, 0.5) is 5.69 Å². The molecule has 26 heavy (non-hydrogen) atoms. The van der Waals surface area contributed by atoms with Gasteiger partial charge in [0, 0.05) is 21.7 Å². The van der Waals surface area contributed by atoms with E-state index >= 15 is 0 Å².